The molecule has 0 aliphatic heterocycles. The lowest BCUT2D eigenvalue weighted by Gasteiger charge is -2.22. The minimum Gasteiger partial charge on any atom is -0.346 e. The minimum atomic E-state index is -0.119. The zero-order valence-corrected chi connectivity index (χ0v) is 14.8. The van der Waals surface area contributed by atoms with Crippen LogP contribution in [0.25, 0.3) is 11.0 Å². The van der Waals surface area contributed by atoms with E-state index in [1.54, 1.807) is 0 Å². The van der Waals surface area contributed by atoms with Crippen molar-refractivity contribution in [2.24, 2.45) is 17.6 Å². The van der Waals surface area contributed by atoms with Crippen LogP contribution in [-0.2, 0) is 4.79 Å². The second-order valence-electron chi connectivity index (χ2n) is 7.19. The van der Waals surface area contributed by atoms with Gasteiger partial charge in [-0.15, -0.1) is 0 Å². The Balaban J connectivity index is 1.84. The third-order valence-corrected chi connectivity index (χ3v) is 5.18. The Morgan fingerprint density at radius 1 is 1.33 bits per heavy atom. The van der Waals surface area contributed by atoms with Gasteiger partial charge >= 0.3 is 0 Å². The maximum Gasteiger partial charge on any atom is 0.224 e. The molecule has 1 unspecified atom stereocenters. The fraction of sp³-hybridized carbons (Fsp3) is 0.579. The largest absolute Gasteiger partial charge is 0.346 e. The zero-order valence-electron chi connectivity index (χ0n) is 14.8. The summed E-state index contributed by atoms with van der Waals surface area (Å²) in [6.45, 7) is 6.91. The van der Waals surface area contributed by atoms with Crippen molar-refractivity contribution < 1.29 is 4.79 Å². The van der Waals surface area contributed by atoms with E-state index in [1.165, 1.54) is 0 Å². The van der Waals surface area contributed by atoms with Crippen molar-refractivity contribution in [3.8, 4) is 0 Å². The van der Waals surface area contributed by atoms with Crippen molar-refractivity contribution >= 4 is 16.9 Å². The Morgan fingerprint density at radius 3 is 2.79 bits per heavy atom. The van der Waals surface area contributed by atoms with Crippen LogP contribution in [0.3, 0.4) is 0 Å². The molecule has 1 saturated carbocycles. The molecule has 0 saturated heterocycles. The molecule has 5 nitrogen and oxygen atoms in total. The van der Waals surface area contributed by atoms with E-state index in [0.717, 1.165) is 36.1 Å². The number of imidazole rings is 1. The third kappa shape index (κ3) is 3.05. The molecule has 1 aromatic carbocycles. The van der Waals surface area contributed by atoms with Crippen molar-refractivity contribution in [2.45, 2.75) is 52.1 Å². The van der Waals surface area contributed by atoms with Crippen LogP contribution in [0.5, 0.6) is 0 Å². The molecule has 1 aromatic heterocycles. The van der Waals surface area contributed by atoms with Gasteiger partial charge < -0.3 is 15.6 Å². The van der Waals surface area contributed by atoms with Crippen LogP contribution in [-0.4, -0.2) is 22.0 Å². The van der Waals surface area contributed by atoms with Crippen LogP contribution in [0.4, 0.5) is 0 Å². The normalized spacial score (nSPS) is 22.2. The Morgan fingerprint density at radius 2 is 2.08 bits per heavy atom. The Labute approximate surface area is 143 Å². The summed E-state index contributed by atoms with van der Waals surface area (Å²) in [5.41, 5.74) is 7.91. The molecule has 1 fully saturated rings. The van der Waals surface area contributed by atoms with Crippen molar-refractivity contribution in [3.05, 3.63) is 30.1 Å². The fourth-order valence-corrected chi connectivity index (χ4v) is 3.96. The van der Waals surface area contributed by atoms with Crippen LogP contribution in [0, 0.1) is 11.8 Å². The molecule has 3 atom stereocenters. The van der Waals surface area contributed by atoms with Gasteiger partial charge in [0.25, 0.3) is 0 Å². The first kappa shape index (κ1) is 17.0. The first-order valence-corrected chi connectivity index (χ1v) is 9.00. The van der Waals surface area contributed by atoms with Gasteiger partial charge in [-0.25, -0.2) is 4.98 Å². The highest BCUT2D eigenvalue weighted by Gasteiger charge is 2.33. The molecular formula is C19H28N4O. The number of fused-ring (bicyclic) bond motifs is 1. The average molecular weight is 328 g/mol. The fourth-order valence-electron chi connectivity index (χ4n) is 3.96. The van der Waals surface area contributed by atoms with Crippen molar-refractivity contribution in [2.75, 3.05) is 6.54 Å². The SMILES string of the molecule is CC(NC(=O)[C@@H]1CCC[C@@H]1CN)c1nc2ccccc2n1C(C)C. The zero-order chi connectivity index (χ0) is 17.3. The molecule has 0 radical (unpaired) electrons. The first-order valence-electron chi connectivity index (χ1n) is 9.00. The smallest absolute Gasteiger partial charge is 0.224 e. The van der Waals surface area contributed by atoms with Gasteiger partial charge in [0, 0.05) is 12.0 Å². The summed E-state index contributed by atoms with van der Waals surface area (Å²) in [7, 11) is 0. The quantitative estimate of drug-likeness (QED) is 0.885. The number of carbonyl (C=O) groups is 1. The number of para-hydroxylation sites is 2. The predicted octanol–water partition coefficient (Wildman–Crippen LogP) is 3.17. The maximum absolute atomic E-state index is 12.7. The molecule has 1 amide bonds. The number of nitrogens with one attached hydrogen (secondary N) is 1. The Kier molecular flexibility index (Phi) is 4.90. The van der Waals surface area contributed by atoms with E-state index in [2.05, 4.69) is 29.8 Å². The molecule has 0 bridgehead atoms. The van der Waals surface area contributed by atoms with Crippen molar-refractivity contribution in [3.63, 3.8) is 0 Å². The summed E-state index contributed by atoms with van der Waals surface area (Å²) in [5, 5.41) is 3.18. The lowest BCUT2D eigenvalue weighted by molar-refractivity contribution is -0.126. The highest BCUT2D eigenvalue weighted by Crippen LogP contribution is 2.32. The van der Waals surface area contributed by atoms with Gasteiger partial charge in [-0.05, 0) is 58.2 Å². The second kappa shape index (κ2) is 6.93. The summed E-state index contributed by atoms with van der Waals surface area (Å²) < 4.78 is 2.22. The third-order valence-electron chi connectivity index (χ3n) is 5.18. The van der Waals surface area contributed by atoms with Crippen LogP contribution in [0.2, 0.25) is 0 Å². The van der Waals surface area contributed by atoms with E-state index in [4.69, 9.17) is 10.7 Å². The number of amides is 1. The molecular weight excluding hydrogens is 300 g/mol. The van der Waals surface area contributed by atoms with Crippen LogP contribution in [0.15, 0.2) is 24.3 Å². The van der Waals surface area contributed by atoms with Crippen LogP contribution >= 0.6 is 0 Å². The van der Waals surface area contributed by atoms with Gasteiger partial charge in [-0.3, -0.25) is 4.79 Å². The van der Waals surface area contributed by atoms with E-state index >= 15 is 0 Å². The standard InChI is InChI=1S/C19H28N4O/c1-12(2)23-17-10-5-4-9-16(17)22-18(23)13(3)21-19(24)15-8-6-7-14(15)11-20/h4-5,9-10,12-15H,6-8,11,20H2,1-3H3,(H,21,24)/t13?,14-,15-/m1/s1. The summed E-state index contributed by atoms with van der Waals surface area (Å²) in [6, 6.07) is 8.30. The van der Waals surface area contributed by atoms with E-state index in [9.17, 15) is 4.79 Å². The number of aromatic nitrogens is 2. The summed E-state index contributed by atoms with van der Waals surface area (Å²) in [6.07, 6.45) is 3.10. The predicted molar refractivity (Wildman–Crippen MR) is 96.6 cm³/mol. The Bertz CT molecular complexity index is 721. The van der Waals surface area contributed by atoms with Crippen LogP contribution < -0.4 is 11.1 Å². The highest BCUT2D eigenvalue weighted by atomic mass is 16.2. The van der Waals surface area contributed by atoms with Crippen LogP contribution in [0.1, 0.15) is 57.9 Å². The molecule has 1 aliphatic carbocycles. The monoisotopic (exact) mass is 328 g/mol. The van der Waals surface area contributed by atoms with E-state index in [-0.39, 0.29) is 23.9 Å². The lowest BCUT2D eigenvalue weighted by Crippen LogP contribution is -2.37. The van der Waals surface area contributed by atoms with Gasteiger partial charge in [0.1, 0.15) is 5.82 Å². The van der Waals surface area contributed by atoms with Crippen molar-refractivity contribution in [1.29, 1.82) is 0 Å². The van der Waals surface area contributed by atoms with Gasteiger partial charge in [0.15, 0.2) is 0 Å². The summed E-state index contributed by atoms with van der Waals surface area (Å²) in [5.74, 6) is 1.41. The van der Waals surface area contributed by atoms with Gasteiger partial charge in [0.05, 0.1) is 17.1 Å². The number of benzene rings is 1. The second-order valence-corrected chi connectivity index (χ2v) is 7.19. The van der Waals surface area contributed by atoms with Gasteiger partial charge in [-0.2, -0.15) is 0 Å². The number of hydrogen-bond acceptors (Lipinski definition) is 3. The van der Waals surface area contributed by atoms with Gasteiger partial charge in [-0.1, -0.05) is 18.6 Å². The van der Waals surface area contributed by atoms with E-state index in [1.807, 2.05) is 25.1 Å². The molecule has 24 heavy (non-hydrogen) atoms. The molecule has 5 heteroatoms. The number of nitrogens with zero attached hydrogens (tertiary/aromatic N) is 2. The van der Waals surface area contributed by atoms with E-state index < -0.39 is 0 Å². The maximum atomic E-state index is 12.7. The number of hydrogen-bond donors (Lipinski definition) is 2. The number of carbonyl (C=O) groups excluding carboxylic acids is 1. The summed E-state index contributed by atoms with van der Waals surface area (Å²) >= 11 is 0. The Hall–Kier alpha value is -1.88. The van der Waals surface area contributed by atoms with E-state index in [0.29, 0.717) is 12.5 Å². The minimum absolute atomic E-state index is 0.0503. The molecule has 3 N–H and O–H groups in total. The number of nitrogens with two attached hydrogens (primary N) is 1. The summed E-state index contributed by atoms with van der Waals surface area (Å²) in [4.78, 5) is 17.5. The molecule has 2 aromatic rings. The topological polar surface area (TPSA) is 72.9 Å². The molecule has 1 heterocycles. The lowest BCUT2D eigenvalue weighted by atomic mass is 9.95. The molecule has 0 spiro atoms. The first-order chi connectivity index (χ1) is 11.5. The van der Waals surface area contributed by atoms with Crippen molar-refractivity contribution in [1.82, 2.24) is 14.9 Å². The molecule has 3 rings (SSSR count). The highest BCUT2D eigenvalue weighted by molar-refractivity contribution is 5.80. The molecule has 130 valence electrons. The average Bonchev–Trinajstić information content (AvgIpc) is 3.18. The number of rotatable bonds is 5. The molecule has 1 aliphatic rings. The van der Waals surface area contributed by atoms with Gasteiger partial charge in [0.2, 0.25) is 5.91 Å².